The molecule has 1 aromatic rings. The Kier molecular flexibility index (Phi) is 4.76. The second-order valence-corrected chi connectivity index (χ2v) is 7.46. The normalized spacial score (nSPS) is 27.2. The third kappa shape index (κ3) is 3.38. The van der Waals surface area contributed by atoms with Gasteiger partial charge in [0.1, 0.15) is 5.75 Å². The van der Waals surface area contributed by atoms with Crippen molar-refractivity contribution in [3.8, 4) is 5.75 Å². The largest absolute Gasteiger partial charge is 0.494 e. The number of urea groups is 1. The van der Waals surface area contributed by atoms with Gasteiger partial charge in [-0.3, -0.25) is 14.5 Å². The summed E-state index contributed by atoms with van der Waals surface area (Å²) in [6.07, 6.45) is 3.87. The highest BCUT2D eigenvalue weighted by atomic mass is 16.5. The first-order valence-electron chi connectivity index (χ1n) is 9.74. The second-order valence-electron chi connectivity index (χ2n) is 7.46. The number of amides is 4. The molecule has 2 bridgehead atoms. The Morgan fingerprint density at radius 3 is 2.19 bits per heavy atom. The molecule has 3 heterocycles. The summed E-state index contributed by atoms with van der Waals surface area (Å²) in [5.74, 6) is 0.657. The fraction of sp³-hybridized carbons (Fsp3) is 0.550. The zero-order valence-corrected chi connectivity index (χ0v) is 15.5. The molecule has 27 heavy (non-hydrogen) atoms. The van der Waals surface area contributed by atoms with Gasteiger partial charge in [-0.1, -0.05) is 0 Å². The van der Waals surface area contributed by atoms with Gasteiger partial charge in [0.25, 0.3) is 0 Å². The molecule has 0 aromatic heterocycles. The van der Waals surface area contributed by atoms with E-state index in [0.717, 1.165) is 24.3 Å². The van der Waals surface area contributed by atoms with Crippen molar-refractivity contribution < 1.29 is 19.1 Å². The van der Waals surface area contributed by atoms with Gasteiger partial charge in [0.05, 0.1) is 6.61 Å². The molecule has 3 saturated heterocycles. The van der Waals surface area contributed by atoms with Gasteiger partial charge < -0.3 is 15.0 Å². The Morgan fingerprint density at radius 1 is 1.04 bits per heavy atom. The average molecular weight is 371 g/mol. The van der Waals surface area contributed by atoms with Crippen LogP contribution in [0.1, 0.15) is 45.4 Å². The van der Waals surface area contributed by atoms with Crippen LogP contribution in [0.2, 0.25) is 0 Å². The van der Waals surface area contributed by atoms with Crippen molar-refractivity contribution in [3.63, 3.8) is 0 Å². The van der Waals surface area contributed by atoms with Crippen LogP contribution in [0.15, 0.2) is 24.3 Å². The zero-order valence-electron chi connectivity index (χ0n) is 15.5. The summed E-state index contributed by atoms with van der Waals surface area (Å²) < 4.78 is 5.42. The van der Waals surface area contributed by atoms with Gasteiger partial charge in [0, 0.05) is 36.7 Å². The maximum absolute atomic E-state index is 12.8. The molecule has 3 fully saturated rings. The molecule has 0 saturated carbocycles. The number of nitrogens with zero attached hydrogens (tertiary/aromatic N) is 2. The summed E-state index contributed by atoms with van der Waals surface area (Å²) >= 11 is 0. The minimum absolute atomic E-state index is 0.0560. The Morgan fingerprint density at radius 2 is 1.63 bits per heavy atom. The minimum atomic E-state index is -0.107. The molecule has 2 atom stereocenters. The number of carbonyl (C=O) groups excluding carboxylic acids is 3. The number of carbonyl (C=O) groups is 3. The second kappa shape index (κ2) is 7.21. The Hall–Kier alpha value is -2.57. The number of likely N-dealkylation sites (tertiary alicyclic amines) is 1. The van der Waals surface area contributed by atoms with Crippen molar-refractivity contribution >= 4 is 23.5 Å². The van der Waals surface area contributed by atoms with E-state index in [4.69, 9.17) is 4.74 Å². The maximum Gasteiger partial charge on any atom is 0.322 e. The summed E-state index contributed by atoms with van der Waals surface area (Å²) in [5.41, 5.74) is 0.731. The third-order valence-electron chi connectivity index (χ3n) is 5.81. The van der Waals surface area contributed by atoms with E-state index in [1.807, 2.05) is 36.1 Å². The van der Waals surface area contributed by atoms with Gasteiger partial charge in [-0.15, -0.1) is 0 Å². The number of ether oxygens (including phenoxy) is 1. The van der Waals surface area contributed by atoms with E-state index in [-0.39, 0.29) is 36.0 Å². The molecule has 1 aromatic carbocycles. The summed E-state index contributed by atoms with van der Waals surface area (Å²) in [7, 11) is 0. The predicted octanol–water partition coefficient (Wildman–Crippen LogP) is 2.76. The molecule has 0 aliphatic carbocycles. The molecule has 4 rings (SSSR count). The summed E-state index contributed by atoms with van der Waals surface area (Å²) in [6, 6.07) is 7.34. The number of imide groups is 1. The van der Waals surface area contributed by atoms with E-state index < -0.39 is 0 Å². The van der Waals surface area contributed by atoms with Crippen molar-refractivity contribution in [2.45, 2.75) is 63.6 Å². The first-order chi connectivity index (χ1) is 13.1. The molecule has 7 nitrogen and oxygen atoms in total. The smallest absolute Gasteiger partial charge is 0.322 e. The first-order valence-corrected chi connectivity index (χ1v) is 9.74. The molecule has 144 valence electrons. The van der Waals surface area contributed by atoms with Crippen molar-refractivity contribution in [2.24, 2.45) is 0 Å². The highest BCUT2D eigenvalue weighted by Crippen LogP contribution is 2.39. The number of piperidine rings is 1. The quantitative estimate of drug-likeness (QED) is 0.826. The van der Waals surface area contributed by atoms with Crippen molar-refractivity contribution in [2.75, 3.05) is 11.9 Å². The fourth-order valence-corrected chi connectivity index (χ4v) is 4.68. The number of hydrogen-bond acceptors (Lipinski definition) is 4. The predicted molar refractivity (Wildman–Crippen MR) is 99.4 cm³/mol. The molecule has 3 aliphatic heterocycles. The number of rotatable bonds is 4. The van der Waals surface area contributed by atoms with Crippen LogP contribution in [0.4, 0.5) is 10.5 Å². The van der Waals surface area contributed by atoms with Crippen molar-refractivity contribution in [3.05, 3.63) is 24.3 Å². The minimum Gasteiger partial charge on any atom is -0.494 e. The van der Waals surface area contributed by atoms with Gasteiger partial charge in [-0.2, -0.15) is 0 Å². The van der Waals surface area contributed by atoms with Crippen LogP contribution in [0.5, 0.6) is 5.75 Å². The molecule has 4 amide bonds. The van der Waals surface area contributed by atoms with E-state index in [0.29, 0.717) is 32.3 Å². The lowest BCUT2D eigenvalue weighted by atomic mass is 9.96. The Labute approximate surface area is 158 Å². The van der Waals surface area contributed by atoms with E-state index in [1.54, 1.807) is 0 Å². The SMILES string of the molecule is CCOc1ccc(NC(=O)N2C3CCC2CC(N2C(=O)CCC2=O)C3)cc1. The molecule has 7 heteroatoms. The molecular weight excluding hydrogens is 346 g/mol. The van der Waals surface area contributed by atoms with E-state index in [2.05, 4.69) is 5.32 Å². The van der Waals surface area contributed by atoms with Crippen molar-refractivity contribution in [1.82, 2.24) is 9.80 Å². The van der Waals surface area contributed by atoms with E-state index >= 15 is 0 Å². The zero-order chi connectivity index (χ0) is 19.0. The number of nitrogens with one attached hydrogen (secondary N) is 1. The monoisotopic (exact) mass is 371 g/mol. The summed E-state index contributed by atoms with van der Waals surface area (Å²) in [5, 5.41) is 2.97. The fourth-order valence-electron chi connectivity index (χ4n) is 4.68. The summed E-state index contributed by atoms with van der Waals surface area (Å²) in [4.78, 5) is 40.3. The van der Waals surface area contributed by atoms with Crippen LogP contribution in [0.3, 0.4) is 0 Å². The third-order valence-corrected chi connectivity index (χ3v) is 5.81. The number of fused-ring (bicyclic) bond motifs is 2. The van der Waals surface area contributed by atoms with Crippen LogP contribution in [0, 0.1) is 0 Å². The number of hydrogen-bond donors (Lipinski definition) is 1. The van der Waals surface area contributed by atoms with Crippen LogP contribution in [-0.2, 0) is 9.59 Å². The molecule has 1 N–H and O–H groups in total. The molecule has 3 aliphatic rings. The van der Waals surface area contributed by atoms with Crippen LogP contribution in [0.25, 0.3) is 0 Å². The van der Waals surface area contributed by atoms with E-state index in [1.165, 1.54) is 4.90 Å². The average Bonchev–Trinajstić information content (AvgIpc) is 3.12. The standard InChI is InChI=1S/C20H25N3O4/c1-2-27-17-7-3-13(4-8-17)21-20(26)22-14-5-6-15(22)12-16(11-14)23-18(24)9-10-19(23)25/h3-4,7-8,14-16H,2,5-6,9-12H2,1H3,(H,21,26). The number of benzene rings is 1. The highest BCUT2D eigenvalue weighted by Gasteiger charge is 2.47. The Bertz CT molecular complexity index is 718. The van der Waals surface area contributed by atoms with Gasteiger partial charge in [0.15, 0.2) is 0 Å². The van der Waals surface area contributed by atoms with Gasteiger partial charge >= 0.3 is 6.03 Å². The lowest BCUT2D eigenvalue weighted by Crippen LogP contribution is -2.54. The molecule has 0 radical (unpaired) electrons. The van der Waals surface area contributed by atoms with Crippen LogP contribution in [-0.4, -0.2) is 52.4 Å². The highest BCUT2D eigenvalue weighted by molar-refractivity contribution is 6.02. The van der Waals surface area contributed by atoms with Gasteiger partial charge in [-0.25, -0.2) is 4.79 Å². The molecular formula is C20H25N3O4. The molecule has 0 spiro atoms. The van der Waals surface area contributed by atoms with Gasteiger partial charge in [0.2, 0.25) is 11.8 Å². The summed E-state index contributed by atoms with van der Waals surface area (Å²) in [6.45, 7) is 2.53. The maximum atomic E-state index is 12.8. The topological polar surface area (TPSA) is 79.0 Å². The molecule has 2 unspecified atom stereocenters. The lowest BCUT2D eigenvalue weighted by molar-refractivity contribution is -0.142. The van der Waals surface area contributed by atoms with Crippen LogP contribution < -0.4 is 10.1 Å². The van der Waals surface area contributed by atoms with Crippen LogP contribution >= 0.6 is 0 Å². The van der Waals surface area contributed by atoms with E-state index in [9.17, 15) is 14.4 Å². The van der Waals surface area contributed by atoms with Gasteiger partial charge in [-0.05, 0) is 56.9 Å². The number of anilines is 1. The Balaban J connectivity index is 1.41. The first kappa shape index (κ1) is 17.8. The van der Waals surface area contributed by atoms with Crippen molar-refractivity contribution in [1.29, 1.82) is 0 Å². The lowest BCUT2D eigenvalue weighted by Gasteiger charge is -2.41.